The Balaban J connectivity index is 1.43. The normalized spacial score (nSPS) is 15.5. The van der Waals surface area contributed by atoms with E-state index in [2.05, 4.69) is 4.72 Å². The topological polar surface area (TPSA) is 86.8 Å². The van der Waals surface area contributed by atoms with Gasteiger partial charge in [0.15, 0.2) is 0 Å². The molecule has 7 nitrogen and oxygen atoms in total. The van der Waals surface area contributed by atoms with Crippen LogP contribution in [0.5, 0.6) is 0 Å². The van der Waals surface area contributed by atoms with E-state index >= 15 is 0 Å². The smallest absolute Gasteiger partial charge is 0.245 e. The monoisotopic (exact) mass is 503 g/mol. The predicted octanol–water partition coefficient (Wildman–Crippen LogP) is 3.46. The summed E-state index contributed by atoms with van der Waals surface area (Å²) in [5.41, 5.74) is 4.36. The molecule has 0 bridgehead atoms. The van der Waals surface area contributed by atoms with Crippen molar-refractivity contribution in [3.8, 4) is 0 Å². The molecule has 0 aliphatic carbocycles. The van der Waals surface area contributed by atoms with Crippen LogP contribution in [0, 0.1) is 0 Å². The summed E-state index contributed by atoms with van der Waals surface area (Å²) in [5.74, 6) is -0.254. The molecular weight excluding hydrogens is 474 g/mol. The van der Waals surface area contributed by atoms with E-state index in [9.17, 15) is 18.0 Å². The van der Waals surface area contributed by atoms with Crippen LogP contribution in [0.15, 0.2) is 77.7 Å². The standard InChI is InChI=1S/C28H29N3O4S/c1-2-27(32)30-16-15-22-19-23(12-13-26(22)30)36(34,35)29-24(18-20-8-4-3-5-9-20)28(33)31-17-14-21-10-6-7-11-25(21)31/h3-13,19,24,29H,2,14-18H2,1H3. The molecular formula is C28H29N3O4S. The molecule has 5 rings (SSSR count). The van der Waals surface area contributed by atoms with Crippen molar-refractivity contribution >= 4 is 33.2 Å². The maximum atomic E-state index is 13.7. The fraction of sp³-hybridized carbons (Fsp3) is 0.286. The Morgan fingerprint density at radius 1 is 0.861 bits per heavy atom. The molecule has 186 valence electrons. The van der Waals surface area contributed by atoms with Crippen molar-refractivity contribution in [1.82, 2.24) is 4.72 Å². The first kappa shape index (κ1) is 24.2. The Morgan fingerprint density at radius 2 is 1.53 bits per heavy atom. The van der Waals surface area contributed by atoms with Gasteiger partial charge in [-0.3, -0.25) is 9.59 Å². The number of rotatable bonds is 7. The van der Waals surface area contributed by atoms with Crippen LogP contribution in [0.2, 0.25) is 0 Å². The maximum Gasteiger partial charge on any atom is 0.245 e. The summed E-state index contributed by atoms with van der Waals surface area (Å²) < 4.78 is 29.7. The van der Waals surface area contributed by atoms with Crippen molar-refractivity contribution < 1.29 is 18.0 Å². The van der Waals surface area contributed by atoms with Gasteiger partial charge in [0.05, 0.1) is 4.90 Å². The van der Waals surface area contributed by atoms with Crippen LogP contribution in [0.25, 0.3) is 0 Å². The number of nitrogens with one attached hydrogen (secondary N) is 1. The number of anilines is 2. The molecule has 0 aromatic heterocycles. The molecule has 0 radical (unpaired) electrons. The Hall–Kier alpha value is -3.49. The molecule has 36 heavy (non-hydrogen) atoms. The summed E-state index contributed by atoms with van der Waals surface area (Å²) >= 11 is 0. The van der Waals surface area contributed by atoms with Gasteiger partial charge >= 0.3 is 0 Å². The molecule has 2 aliphatic rings. The van der Waals surface area contributed by atoms with Crippen LogP contribution in [-0.2, 0) is 38.9 Å². The molecule has 0 fully saturated rings. The highest BCUT2D eigenvalue weighted by Crippen LogP contribution is 2.31. The van der Waals surface area contributed by atoms with Gasteiger partial charge in [-0.2, -0.15) is 4.72 Å². The van der Waals surface area contributed by atoms with Gasteiger partial charge in [-0.1, -0.05) is 55.5 Å². The van der Waals surface area contributed by atoms with Crippen LogP contribution >= 0.6 is 0 Å². The largest absolute Gasteiger partial charge is 0.312 e. The van der Waals surface area contributed by atoms with Crippen molar-refractivity contribution in [3.63, 3.8) is 0 Å². The highest BCUT2D eigenvalue weighted by atomic mass is 32.2. The zero-order valence-electron chi connectivity index (χ0n) is 20.2. The molecule has 3 aromatic rings. The minimum atomic E-state index is -4.00. The van der Waals surface area contributed by atoms with Crippen molar-refractivity contribution in [1.29, 1.82) is 0 Å². The maximum absolute atomic E-state index is 13.7. The van der Waals surface area contributed by atoms with E-state index in [-0.39, 0.29) is 23.1 Å². The lowest BCUT2D eigenvalue weighted by atomic mass is 10.1. The Labute approximate surface area is 211 Å². The molecule has 8 heteroatoms. The molecule has 0 spiro atoms. The summed E-state index contributed by atoms with van der Waals surface area (Å²) in [6, 6.07) is 21.0. The number of carbonyl (C=O) groups excluding carboxylic acids is 2. The summed E-state index contributed by atoms with van der Waals surface area (Å²) in [5, 5.41) is 0. The lowest BCUT2D eigenvalue weighted by Crippen LogP contribution is -2.49. The van der Waals surface area contributed by atoms with Gasteiger partial charge in [-0.05, 0) is 60.2 Å². The van der Waals surface area contributed by atoms with Crippen molar-refractivity contribution in [2.24, 2.45) is 0 Å². The highest BCUT2D eigenvalue weighted by molar-refractivity contribution is 7.89. The van der Waals surface area contributed by atoms with Gasteiger partial charge in [-0.25, -0.2) is 8.42 Å². The number of fused-ring (bicyclic) bond motifs is 2. The first-order valence-electron chi connectivity index (χ1n) is 12.3. The summed E-state index contributed by atoms with van der Waals surface area (Å²) in [4.78, 5) is 29.4. The Morgan fingerprint density at radius 3 is 2.31 bits per heavy atom. The Kier molecular flexibility index (Phi) is 6.64. The second-order valence-electron chi connectivity index (χ2n) is 9.17. The lowest BCUT2D eigenvalue weighted by Gasteiger charge is -2.25. The SMILES string of the molecule is CCC(=O)N1CCc2cc(S(=O)(=O)NC(Cc3ccccc3)C(=O)N3CCc4ccccc43)ccc21. The quantitative estimate of drug-likeness (QED) is 0.535. The Bertz CT molecular complexity index is 1410. The number of sulfonamides is 1. The van der Waals surface area contributed by atoms with Gasteiger partial charge in [0, 0.05) is 30.9 Å². The van der Waals surface area contributed by atoms with E-state index in [0.717, 1.165) is 34.5 Å². The van der Waals surface area contributed by atoms with E-state index in [1.807, 2.05) is 61.5 Å². The average molecular weight is 504 g/mol. The molecule has 0 saturated heterocycles. The fourth-order valence-corrected chi connectivity index (χ4v) is 6.27. The summed E-state index contributed by atoms with van der Waals surface area (Å²) in [7, 11) is -4.00. The molecule has 1 atom stereocenters. The van der Waals surface area contributed by atoms with Crippen LogP contribution in [0.1, 0.15) is 30.0 Å². The summed E-state index contributed by atoms with van der Waals surface area (Å²) in [6.07, 6.45) is 1.97. The molecule has 1 unspecified atom stereocenters. The third kappa shape index (κ3) is 4.66. The number of nitrogens with zero attached hydrogens (tertiary/aromatic N) is 2. The predicted molar refractivity (Wildman–Crippen MR) is 140 cm³/mol. The zero-order valence-corrected chi connectivity index (χ0v) is 21.0. The molecule has 0 saturated carbocycles. The van der Waals surface area contributed by atoms with E-state index in [1.54, 1.807) is 21.9 Å². The number of carbonyl (C=O) groups is 2. The molecule has 1 N–H and O–H groups in total. The number of benzene rings is 3. The number of para-hydroxylation sites is 1. The van der Waals surface area contributed by atoms with E-state index < -0.39 is 16.1 Å². The van der Waals surface area contributed by atoms with Gasteiger partial charge in [0.2, 0.25) is 21.8 Å². The lowest BCUT2D eigenvalue weighted by molar-refractivity contribution is -0.120. The second kappa shape index (κ2) is 9.87. The molecule has 2 heterocycles. The average Bonchev–Trinajstić information content (AvgIpc) is 3.52. The first-order chi connectivity index (χ1) is 17.4. The fourth-order valence-electron chi connectivity index (χ4n) is 5.03. The van der Waals surface area contributed by atoms with Crippen LogP contribution in [0.4, 0.5) is 11.4 Å². The van der Waals surface area contributed by atoms with Crippen LogP contribution in [-0.4, -0.2) is 39.4 Å². The van der Waals surface area contributed by atoms with Crippen molar-refractivity contribution in [2.75, 3.05) is 22.9 Å². The molecule has 2 amide bonds. The van der Waals surface area contributed by atoms with Gasteiger partial charge in [-0.15, -0.1) is 0 Å². The van der Waals surface area contributed by atoms with Gasteiger partial charge in [0.1, 0.15) is 6.04 Å². The highest BCUT2D eigenvalue weighted by Gasteiger charge is 2.34. The van der Waals surface area contributed by atoms with Crippen LogP contribution in [0.3, 0.4) is 0 Å². The minimum absolute atomic E-state index is 0.0156. The third-order valence-corrected chi connectivity index (χ3v) is 8.36. The second-order valence-corrected chi connectivity index (χ2v) is 10.9. The zero-order chi connectivity index (χ0) is 25.3. The van der Waals surface area contributed by atoms with Crippen molar-refractivity contribution in [2.45, 2.75) is 43.5 Å². The van der Waals surface area contributed by atoms with E-state index in [0.29, 0.717) is 25.9 Å². The number of amides is 2. The number of hydrogen-bond acceptors (Lipinski definition) is 4. The van der Waals surface area contributed by atoms with Crippen molar-refractivity contribution in [3.05, 3.63) is 89.5 Å². The van der Waals surface area contributed by atoms with Gasteiger partial charge < -0.3 is 9.80 Å². The van der Waals surface area contributed by atoms with Gasteiger partial charge in [0.25, 0.3) is 0 Å². The first-order valence-corrected chi connectivity index (χ1v) is 13.7. The third-order valence-electron chi connectivity index (χ3n) is 6.89. The van der Waals surface area contributed by atoms with Crippen LogP contribution < -0.4 is 14.5 Å². The molecule has 3 aromatic carbocycles. The molecule has 2 aliphatic heterocycles. The number of hydrogen-bond donors (Lipinski definition) is 1. The minimum Gasteiger partial charge on any atom is -0.312 e. The van der Waals surface area contributed by atoms with E-state index in [4.69, 9.17) is 0 Å². The summed E-state index contributed by atoms with van der Waals surface area (Å²) in [6.45, 7) is 2.87. The van der Waals surface area contributed by atoms with E-state index in [1.165, 1.54) is 6.07 Å².